The molecule has 0 saturated heterocycles. The van der Waals surface area contributed by atoms with Gasteiger partial charge in [-0.25, -0.2) is 0 Å². The highest BCUT2D eigenvalue weighted by molar-refractivity contribution is 6.17. The molecule has 2 unspecified atom stereocenters. The number of hydrogen-bond donors (Lipinski definition) is 0. The van der Waals surface area contributed by atoms with E-state index in [4.69, 9.17) is 11.6 Å². The fourth-order valence-corrected chi connectivity index (χ4v) is 2.59. The molecule has 0 aromatic heterocycles. The molecule has 0 N–H and O–H groups in total. The summed E-state index contributed by atoms with van der Waals surface area (Å²) in [5, 5.41) is 0. The van der Waals surface area contributed by atoms with Crippen LogP contribution >= 0.6 is 11.6 Å². The van der Waals surface area contributed by atoms with Crippen LogP contribution in [0, 0.1) is 5.92 Å². The summed E-state index contributed by atoms with van der Waals surface area (Å²) < 4.78 is 0. The second-order valence-corrected chi connectivity index (χ2v) is 5.00. The Morgan fingerprint density at radius 2 is 2.07 bits per heavy atom. The lowest BCUT2D eigenvalue weighted by Gasteiger charge is -2.36. The SMILES string of the molecule is CC1CCCCC1N(C)C(=O)CCCCl. The van der Waals surface area contributed by atoms with Crippen LogP contribution < -0.4 is 0 Å². The number of hydrogen-bond acceptors (Lipinski definition) is 1. The Bertz CT molecular complexity index is 208. The van der Waals surface area contributed by atoms with E-state index in [1.54, 1.807) is 0 Å². The monoisotopic (exact) mass is 231 g/mol. The van der Waals surface area contributed by atoms with Crippen LogP contribution in [0.3, 0.4) is 0 Å². The van der Waals surface area contributed by atoms with E-state index in [0.29, 0.717) is 24.3 Å². The van der Waals surface area contributed by atoms with Crippen molar-refractivity contribution in [2.75, 3.05) is 12.9 Å². The van der Waals surface area contributed by atoms with Crippen LogP contribution in [-0.2, 0) is 4.79 Å². The van der Waals surface area contributed by atoms with Crippen molar-refractivity contribution in [3.63, 3.8) is 0 Å². The second kappa shape index (κ2) is 6.37. The average Bonchev–Trinajstić information content (AvgIpc) is 2.25. The molecule has 0 bridgehead atoms. The molecule has 1 rings (SSSR count). The van der Waals surface area contributed by atoms with Gasteiger partial charge in [-0.15, -0.1) is 11.6 Å². The highest BCUT2D eigenvalue weighted by Crippen LogP contribution is 2.27. The molecule has 2 nitrogen and oxygen atoms in total. The fourth-order valence-electron chi connectivity index (χ4n) is 2.45. The maximum atomic E-state index is 11.8. The number of alkyl halides is 1. The normalized spacial score (nSPS) is 26.3. The van der Waals surface area contributed by atoms with Gasteiger partial charge in [0.25, 0.3) is 0 Å². The highest BCUT2D eigenvalue weighted by atomic mass is 35.5. The molecule has 88 valence electrons. The third-order valence-corrected chi connectivity index (χ3v) is 3.75. The van der Waals surface area contributed by atoms with Crippen molar-refractivity contribution in [3.8, 4) is 0 Å². The highest BCUT2D eigenvalue weighted by Gasteiger charge is 2.27. The molecule has 0 radical (unpaired) electrons. The average molecular weight is 232 g/mol. The maximum absolute atomic E-state index is 11.8. The molecule has 0 aromatic carbocycles. The van der Waals surface area contributed by atoms with Gasteiger partial charge >= 0.3 is 0 Å². The van der Waals surface area contributed by atoms with Gasteiger partial charge in [0.1, 0.15) is 0 Å². The molecule has 2 atom stereocenters. The Kier molecular flexibility index (Phi) is 5.44. The van der Waals surface area contributed by atoms with Crippen LogP contribution in [0.1, 0.15) is 45.4 Å². The number of nitrogens with zero attached hydrogens (tertiary/aromatic N) is 1. The largest absolute Gasteiger partial charge is 0.343 e. The molecule has 0 spiro atoms. The Labute approximate surface area is 98.0 Å². The van der Waals surface area contributed by atoms with Gasteiger partial charge in [-0.1, -0.05) is 19.8 Å². The van der Waals surface area contributed by atoms with Crippen molar-refractivity contribution >= 4 is 17.5 Å². The number of amides is 1. The lowest BCUT2D eigenvalue weighted by molar-refractivity contribution is -0.133. The number of halogens is 1. The number of carbonyl (C=O) groups is 1. The summed E-state index contributed by atoms with van der Waals surface area (Å²) in [6.07, 6.45) is 6.42. The summed E-state index contributed by atoms with van der Waals surface area (Å²) in [5.41, 5.74) is 0. The predicted octanol–water partition coefficient (Wildman–Crippen LogP) is 3.04. The quantitative estimate of drug-likeness (QED) is 0.681. The van der Waals surface area contributed by atoms with E-state index in [1.807, 2.05) is 11.9 Å². The van der Waals surface area contributed by atoms with Crippen LogP contribution in [-0.4, -0.2) is 29.8 Å². The lowest BCUT2D eigenvalue weighted by atomic mass is 9.85. The molecule has 1 saturated carbocycles. The smallest absolute Gasteiger partial charge is 0.222 e. The summed E-state index contributed by atoms with van der Waals surface area (Å²) in [6.45, 7) is 2.26. The standard InChI is InChI=1S/C12H22ClNO/c1-10-6-3-4-7-11(10)14(2)12(15)8-5-9-13/h10-11H,3-9H2,1-2H3. The zero-order valence-electron chi connectivity index (χ0n) is 9.84. The summed E-state index contributed by atoms with van der Waals surface area (Å²) in [5.74, 6) is 1.50. The number of rotatable bonds is 4. The Morgan fingerprint density at radius 1 is 1.40 bits per heavy atom. The fraction of sp³-hybridized carbons (Fsp3) is 0.917. The van der Waals surface area contributed by atoms with Crippen molar-refractivity contribution in [3.05, 3.63) is 0 Å². The molecule has 1 aliphatic carbocycles. The maximum Gasteiger partial charge on any atom is 0.222 e. The van der Waals surface area contributed by atoms with Crippen LogP contribution in [0.2, 0.25) is 0 Å². The van der Waals surface area contributed by atoms with Crippen molar-refractivity contribution in [1.82, 2.24) is 4.90 Å². The van der Waals surface area contributed by atoms with Crippen LogP contribution in [0.25, 0.3) is 0 Å². The van der Waals surface area contributed by atoms with E-state index in [1.165, 1.54) is 25.7 Å². The van der Waals surface area contributed by atoms with Gasteiger partial charge in [-0.05, 0) is 25.2 Å². The Balaban J connectivity index is 2.42. The summed E-state index contributed by atoms with van der Waals surface area (Å²) in [6, 6.07) is 0.460. The second-order valence-electron chi connectivity index (χ2n) is 4.63. The third kappa shape index (κ3) is 3.67. The Hall–Kier alpha value is -0.240. The van der Waals surface area contributed by atoms with Gasteiger partial charge < -0.3 is 4.90 Å². The van der Waals surface area contributed by atoms with Crippen molar-refractivity contribution in [2.24, 2.45) is 5.92 Å². The predicted molar refractivity (Wildman–Crippen MR) is 64.1 cm³/mol. The zero-order valence-corrected chi connectivity index (χ0v) is 10.6. The first kappa shape index (κ1) is 12.8. The van der Waals surface area contributed by atoms with Gasteiger partial charge in [0, 0.05) is 25.4 Å². The van der Waals surface area contributed by atoms with Crippen LogP contribution in [0.15, 0.2) is 0 Å². The minimum absolute atomic E-state index is 0.259. The molecule has 0 aliphatic heterocycles. The van der Waals surface area contributed by atoms with Crippen molar-refractivity contribution < 1.29 is 4.79 Å². The van der Waals surface area contributed by atoms with Gasteiger partial charge in [-0.2, -0.15) is 0 Å². The Morgan fingerprint density at radius 3 is 2.67 bits per heavy atom. The van der Waals surface area contributed by atoms with E-state index < -0.39 is 0 Å². The van der Waals surface area contributed by atoms with Crippen molar-refractivity contribution in [2.45, 2.75) is 51.5 Å². The third-order valence-electron chi connectivity index (χ3n) is 3.48. The first-order valence-electron chi connectivity index (χ1n) is 5.98. The van der Waals surface area contributed by atoms with Gasteiger partial charge in [0.05, 0.1) is 0 Å². The summed E-state index contributed by atoms with van der Waals surface area (Å²) in [4.78, 5) is 13.8. The summed E-state index contributed by atoms with van der Waals surface area (Å²) in [7, 11) is 1.95. The van der Waals surface area contributed by atoms with Crippen LogP contribution in [0.4, 0.5) is 0 Å². The van der Waals surface area contributed by atoms with E-state index in [-0.39, 0.29) is 5.91 Å². The molecule has 1 aliphatic rings. The van der Waals surface area contributed by atoms with E-state index in [9.17, 15) is 4.79 Å². The minimum Gasteiger partial charge on any atom is -0.343 e. The van der Waals surface area contributed by atoms with Crippen LogP contribution in [0.5, 0.6) is 0 Å². The van der Waals surface area contributed by atoms with Crippen molar-refractivity contribution in [1.29, 1.82) is 0 Å². The van der Waals surface area contributed by atoms with Gasteiger partial charge in [-0.3, -0.25) is 4.79 Å². The first-order valence-corrected chi connectivity index (χ1v) is 6.52. The minimum atomic E-state index is 0.259. The summed E-state index contributed by atoms with van der Waals surface area (Å²) >= 11 is 5.59. The van der Waals surface area contributed by atoms with Gasteiger partial charge in [0.15, 0.2) is 0 Å². The lowest BCUT2D eigenvalue weighted by Crippen LogP contribution is -2.42. The number of carbonyl (C=O) groups excluding carboxylic acids is 1. The van der Waals surface area contributed by atoms with E-state index >= 15 is 0 Å². The van der Waals surface area contributed by atoms with E-state index in [2.05, 4.69) is 6.92 Å². The molecular formula is C12H22ClNO. The molecule has 0 heterocycles. The molecule has 0 aromatic rings. The zero-order chi connectivity index (χ0) is 11.3. The molecule has 1 amide bonds. The van der Waals surface area contributed by atoms with E-state index in [0.717, 1.165) is 6.42 Å². The molecule has 1 fully saturated rings. The molecular weight excluding hydrogens is 210 g/mol. The molecule has 15 heavy (non-hydrogen) atoms. The van der Waals surface area contributed by atoms with Gasteiger partial charge in [0.2, 0.25) is 5.91 Å². The molecule has 3 heteroatoms. The topological polar surface area (TPSA) is 20.3 Å². The first-order chi connectivity index (χ1) is 7.16.